The number of thiazole rings is 1. The molecule has 0 bridgehead atoms. The number of amides is 1. The van der Waals surface area contributed by atoms with Gasteiger partial charge in [-0.15, -0.1) is 0 Å². The molecule has 0 spiro atoms. The quantitative estimate of drug-likeness (QED) is 0.727. The highest BCUT2D eigenvalue weighted by atomic mass is 32.1. The maximum Gasteiger partial charge on any atom is 0.435 e. The van der Waals surface area contributed by atoms with Crippen molar-refractivity contribution in [3.05, 3.63) is 41.2 Å². The van der Waals surface area contributed by atoms with Crippen molar-refractivity contribution in [1.82, 2.24) is 14.8 Å². The van der Waals surface area contributed by atoms with Crippen molar-refractivity contribution in [1.29, 1.82) is 0 Å². The molecule has 138 valence electrons. The summed E-state index contributed by atoms with van der Waals surface area (Å²) in [6, 6.07) is 6.78. The number of aryl methyl sites for hydroxylation is 2. The molecule has 5 nitrogen and oxygen atoms in total. The highest BCUT2D eigenvalue weighted by molar-refractivity contribution is 7.22. The minimum absolute atomic E-state index is 0.0533. The van der Waals surface area contributed by atoms with E-state index in [0.717, 1.165) is 21.8 Å². The van der Waals surface area contributed by atoms with Crippen LogP contribution in [0.3, 0.4) is 0 Å². The van der Waals surface area contributed by atoms with Crippen molar-refractivity contribution in [2.75, 3.05) is 5.32 Å². The van der Waals surface area contributed by atoms with E-state index >= 15 is 0 Å². The van der Waals surface area contributed by atoms with Gasteiger partial charge in [0, 0.05) is 5.69 Å². The van der Waals surface area contributed by atoms with E-state index in [4.69, 9.17) is 0 Å². The molecule has 3 rings (SSSR count). The van der Waals surface area contributed by atoms with Crippen LogP contribution in [0.2, 0.25) is 0 Å². The predicted molar refractivity (Wildman–Crippen MR) is 94.1 cm³/mol. The lowest BCUT2D eigenvalue weighted by molar-refractivity contribution is -0.141. The van der Waals surface area contributed by atoms with Crippen LogP contribution < -0.4 is 5.32 Å². The molecule has 2 heterocycles. The van der Waals surface area contributed by atoms with Gasteiger partial charge in [0.1, 0.15) is 0 Å². The molecule has 0 saturated carbocycles. The maximum atomic E-state index is 12.7. The zero-order chi connectivity index (χ0) is 19.1. The molecule has 9 heteroatoms. The standard InChI is InChI=1S/C17H17F3N4OS/c1-9-4-5-12-13(6-9)26-16(21-12)22-15(25)10(2)8-24-11(3)7-14(23-24)17(18,19)20/h4-7,10H,8H2,1-3H3,(H,21,22,25)/t10-/m1/s1. The number of anilines is 1. The summed E-state index contributed by atoms with van der Waals surface area (Å²) in [5, 5.41) is 6.75. The molecule has 1 atom stereocenters. The number of hydrogen-bond acceptors (Lipinski definition) is 4. The Morgan fingerprint density at radius 1 is 1.31 bits per heavy atom. The smallest absolute Gasteiger partial charge is 0.302 e. The number of alkyl halides is 3. The summed E-state index contributed by atoms with van der Waals surface area (Å²) in [4.78, 5) is 16.7. The van der Waals surface area contributed by atoms with Crippen LogP contribution in [-0.4, -0.2) is 20.7 Å². The number of hydrogen-bond donors (Lipinski definition) is 1. The van der Waals surface area contributed by atoms with Crippen LogP contribution in [0.4, 0.5) is 18.3 Å². The zero-order valence-electron chi connectivity index (χ0n) is 14.4. The molecule has 3 aromatic rings. The summed E-state index contributed by atoms with van der Waals surface area (Å²) >= 11 is 1.36. The lowest BCUT2D eigenvalue weighted by Gasteiger charge is -2.12. The Morgan fingerprint density at radius 2 is 2.04 bits per heavy atom. The molecule has 26 heavy (non-hydrogen) atoms. The number of benzene rings is 1. The van der Waals surface area contributed by atoms with Gasteiger partial charge in [-0.3, -0.25) is 9.48 Å². The Balaban J connectivity index is 1.70. The maximum absolute atomic E-state index is 12.7. The molecule has 1 aromatic carbocycles. The number of rotatable bonds is 4. The van der Waals surface area contributed by atoms with E-state index < -0.39 is 17.8 Å². The molecule has 0 aliphatic rings. The highest BCUT2D eigenvalue weighted by Crippen LogP contribution is 2.29. The number of fused-ring (bicyclic) bond motifs is 1. The Hall–Kier alpha value is -2.42. The minimum Gasteiger partial charge on any atom is -0.302 e. The number of nitrogens with one attached hydrogen (secondary N) is 1. The van der Waals surface area contributed by atoms with Gasteiger partial charge in [0.05, 0.1) is 22.7 Å². The topological polar surface area (TPSA) is 59.8 Å². The van der Waals surface area contributed by atoms with Crippen molar-refractivity contribution < 1.29 is 18.0 Å². The Labute approximate surface area is 151 Å². The number of aromatic nitrogens is 3. The Bertz CT molecular complexity index is 961. The normalized spacial score (nSPS) is 13.2. The first-order chi connectivity index (χ1) is 12.1. The number of carbonyl (C=O) groups excluding carboxylic acids is 1. The largest absolute Gasteiger partial charge is 0.435 e. The first-order valence-electron chi connectivity index (χ1n) is 7.93. The Morgan fingerprint density at radius 3 is 2.69 bits per heavy atom. The molecule has 0 saturated heterocycles. The van der Waals surface area contributed by atoms with Crippen LogP contribution in [0.25, 0.3) is 10.2 Å². The van der Waals surface area contributed by atoms with Gasteiger partial charge >= 0.3 is 6.18 Å². The fourth-order valence-electron chi connectivity index (χ4n) is 2.49. The van der Waals surface area contributed by atoms with Crippen LogP contribution >= 0.6 is 11.3 Å². The van der Waals surface area contributed by atoms with E-state index in [9.17, 15) is 18.0 Å². The third-order valence-corrected chi connectivity index (χ3v) is 4.87. The van der Waals surface area contributed by atoms with Crippen molar-refractivity contribution in [3.8, 4) is 0 Å². The summed E-state index contributed by atoms with van der Waals surface area (Å²) in [5.74, 6) is -0.882. The first kappa shape index (κ1) is 18.4. The first-order valence-corrected chi connectivity index (χ1v) is 8.75. The van der Waals surface area contributed by atoms with Gasteiger partial charge in [0.2, 0.25) is 5.91 Å². The number of halogens is 3. The predicted octanol–water partition coefficient (Wildman–Crippen LogP) is 4.40. The fourth-order valence-corrected chi connectivity index (χ4v) is 3.46. The second-order valence-corrected chi connectivity index (χ2v) is 7.26. The minimum atomic E-state index is -4.50. The van der Waals surface area contributed by atoms with Crippen LogP contribution in [0, 0.1) is 19.8 Å². The monoisotopic (exact) mass is 382 g/mol. The van der Waals surface area contributed by atoms with Crippen LogP contribution in [0.1, 0.15) is 23.9 Å². The average Bonchev–Trinajstić information content (AvgIpc) is 3.09. The molecular formula is C17H17F3N4OS. The molecule has 0 radical (unpaired) electrons. The lowest BCUT2D eigenvalue weighted by Crippen LogP contribution is -2.25. The summed E-state index contributed by atoms with van der Waals surface area (Å²) < 4.78 is 40.4. The van der Waals surface area contributed by atoms with E-state index in [1.165, 1.54) is 22.9 Å². The molecule has 0 aliphatic carbocycles. The second-order valence-electron chi connectivity index (χ2n) is 6.23. The third kappa shape index (κ3) is 3.87. The van der Waals surface area contributed by atoms with E-state index in [1.807, 2.05) is 25.1 Å². The van der Waals surface area contributed by atoms with Crippen molar-refractivity contribution in [2.45, 2.75) is 33.5 Å². The zero-order valence-corrected chi connectivity index (χ0v) is 15.2. The second kappa shape index (κ2) is 6.71. The average molecular weight is 382 g/mol. The summed E-state index contributed by atoms with van der Waals surface area (Å²) in [7, 11) is 0. The molecule has 0 unspecified atom stereocenters. The van der Waals surface area contributed by atoms with Gasteiger partial charge in [-0.1, -0.05) is 24.3 Å². The van der Waals surface area contributed by atoms with Gasteiger partial charge in [-0.2, -0.15) is 18.3 Å². The van der Waals surface area contributed by atoms with Gasteiger partial charge in [0.25, 0.3) is 0 Å². The van der Waals surface area contributed by atoms with Gasteiger partial charge in [-0.05, 0) is 37.6 Å². The van der Waals surface area contributed by atoms with Crippen LogP contribution in [-0.2, 0) is 17.5 Å². The SMILES string of the molecule is Cc1ccc2nc(NC(=O)[C@H](C)Cn3nc(C(F)(F)F)cc3C)sc2c1. The Kier molecular flexibility index (Phi) is 4.74. The highest BCUT2D eigenvalue weighted by Gasteiger charge is 2.34. The van der Waals surface area contributed by atoms with Gasteiger partial charge in [0.15, 0.2) is 10.8 Å². The van der Waals surface area contributed by atoms with E-state index in [2.05, 4.69) is 15.4 Å². The molecule has 0 aliphatic heterocycles. The fraction of sp³-hybridized carbons (Fsp3) is 0.353. The molecule has 2 aromatic heterocycles. The number of nitrogens with zero attached hydrogens (tertiary/aromatic N) is 3. The van der Waals surface area contributed by atoms with E-state index in [-0.39, 0.29) is 12.5 Å². The molecule has 0 fully saturated rings. The van der Waals surface area contributed by atoms with Crippen molar-refractivity contribution in [2.24, 2.45) is 5.92 Å². The van der Waals surface area contributed by atoms with Gasteiger partial charge < -0.3 is 5.32 Å². The lowest BCUT2D eigenvalue weighted by atomic mass is 10.1. The van der Waals surface area contributed by atoms with E-state index in [1.54, 1.807) is 6.92 Å². The molecule has 1 amide bonds. The summed E-state index contributed by atoms with van der Waals surface area (Å²) in [5.41, 5.74) is 1.29. The van der Waals surface area contributed by atoms with Crippen LogP contribution in [0.15, 0.2) is 24.3 Å². The summed E-state index contributed by atoms with van der Waals surface area (Å²) in [6.07, 6.45) is -4.50. The van der Waals surface area contributed by atoms with E-state index in [0.29, 0.717) is 10.8 Å². The summed E-state index contributed by atoms with van der Waals surface area (Å²) in [6.45, 7) is 5.20. The number of carbonyl (C=O) groups is 1. The molecular weight excluding hydrogens is 365 g/mol. The van der Waals surface area contributed by atoms with Gasteiger partial charge in [-0.25, -0.2) is 4.98 Å². The van der Waals surface area contributed by atoms with Crippen molar-refractivity contribution in [3.63, 3.8) is 0 Å². The third-order valence-electron chi connectivity index (χ3n) is 3.94. The molecule has 1 N–H and O–H groups in total. The van der Waals surface area contributed by atoms with Crippen molar-refractivity contribution >= 4 is 32.6 Å². The van der Waals surface area contributed by atoms with Crippen LogP contribution in [0.5, 0.6) is 0 Å².